The Bertz CT molecular complexity index is 312. The lowest BCUT2D eigenvalue weighted by Gasteiger charge is -2.43. The molecular weight excluding hydrogens is 276 g/mol. The third-order valence-electron chi connectivity index (χ3n) is 6.64. The van der Waals surface area contributed by atoms with Gasteiger partial charge in [-0.25, -0.2) is 0 Å². The van der Waals surface area contributed by atoms with E-state index in [-0.39, 0.29) is 12.0 Å². The fourth-order valence-electron chi connectivity index (χ4n) is 5.09. The van der Waals surface area contributed by atoms with Crippen molar-refractivity contribution in [3.63, 3.8) is 0 Å². The summed E-state index contributed by atoms with van der Waals surface area (Å²) in [5.41, 5.74) is 2.21. The molecule has 126 valence electrons. The van der Waals surface area contributed by atoms with Crippen LogP contribution in [0.3, 0.4) is 0 Å². The largest absolute Gasteiger partial charge is 0.415 e. The topological polar surface area (TPSA) is 29.5 Å². The van der Waals surface area contributed by atoms with E-state index in [1.54, 1.807) is 0 Å². The van der Waals surface area contributed by atoms with Crippen molar-refractivity contribution < 1.29 is 9.53 Å². The van der Waals surface area contributed by atoms with E-state index < -0.39 is 8.32 Å². The first-order valence-corrected chi connectivity index (χ1v) is 11.1. The molecule has 3 heteroatoms. The molecule has 0 aromatic rings. The second kappa shape index (κ2) is 6.72. The molecule has 0 aromatic heterocycles. The predicted molar refractivity (Wildman–Crippen MR) is 94.2 cm³/mol. The van der Waals surface area contributed by atoms with Gasteiger partial charge in [-0.05, 0) is 41.3 Å². The minimum absolute atomic E-state index is 0.0351. The summed E-state index contributed by atoms with van der Waals surface area (Å²) in [6, 6.07) is 0. The monoisotopic (exact) mass is 314 g/mol. The molecule has 1 saturated carbocycles. The van der Waals surface area contributed by atoms with Gasteiger partial charge in [0, 0.05) is 12.0 Å². The molecule has 1 rings (SSSR count). The van der Waals surface area contributed by atoms with Crippen molar-refractivity contribution in [1.82, 2.24) is 0 Å². The van der Waals surface area contributed by atoms with Crippen molar-refractivity contribution in [2.24, 2.45) is 10.8 Å². The van der Waals surface area contributed by atoms with Gasteiger partial charge >= 0.3 is 0 Å². The molecule has 0 radical (unpaired) electrons. The highest BCUT2D eigenvalue weighted by Gasteiger charge is 2.65. The Morgan fingerprint density at radius 2 is 1.33 bits per heavy atom. The maximum atomic E-state index is 10.0. The third-order valence-corrected chi connectivity index (χ3v) is 12.7. The van der Waals surface area contributed by atoms with Crippen LogP contribution in [-0.2, 0) is 4.43 Å². The maximum absolute atomic E-state index is 10.0. The van der Waals surface area contributed by atoms with Crippen molar-refractivity contribution >= 4 is 8.32 Å². The molecular formula is C18H38O2Si. The van der Waals surface area contributed by atoms with Crippen LogP contribution in [0.1, 0.15) is 74.7 Å². The van der Waals surface area contributed by atoms with Crippen molar-refractivity contribution in [1.29, 1.82) is 0 Å². The Balaban J connectivity index is 2.93. The second-order valence-electron chi connectivity index (χ2n) is 8.21. The lowest BCUT2D eigenvalue weighted by Crippen LogP contribution is -2.49. The van der Waals surface area contributed by atoms with Gasteiger partial charge in [0.05, 0.1) is 6.61 Å². The lowest BCUT2D eigenvalue weighted by molar-refractivity contribution is 0.0970. The highest BCUT2D eigenvalue weighted by atomic mass is 28.4. The SMILES string of the molecule is CCC1(CC)C[C@]1(CO)CO[Si](C(C)C)(C(C)C)C(C)C. The highest BCUT2D eigenvalue weighted by Crippen LogP contribution is 2.68. The van der Waals surface area contributed by atoms with Crippen LogP contribution in [0, 0.1) is 10.8 Å². The zero-order chi connectivity index (χ0) is 16.5. The summed E-state index contributed by atoms with van der Waals surface area (Å²) < 4.78 is 6.77. The van der Waals surface area contributed by atoms with Crippen molar-refractivity contribution in [3.05, 3.63) is 0 Å². The summed E-state index contributed by atoms with van der Waals surface area (Å²) in [6.07, 6.45) is 3.46. The summed E-state index contributed by atoms with van der Waals surface area (Å²) in [5, 5.41) is 10.0. The van der Waals surface area contributed by atoms with Gasteiger partial charge in [-0.3, -0.25) is 0 Å². The van der Waals surface area contributed by atoms with E-state index in [2.05, 4.69) is 55.4 Å². The van der Waals surface area contributed by atoms with Crippen LogP contribution in [0.2, 0.25) is 16.6 Å². The number of rotatable bonds is 9. The molecule has 2 nitrogen and oxygen atoms in total. The fourth-order valence-corrected chi connectivity index (χ4v) is 10.6. The molecule has 1 atom stereocenters. The van der Waals surface area contributed by atoms with Crippen molar-refractivity contribution in [2.75, 3.05) is 13.2 Å². The van der Waals surface area contributed by atoms with Gasteiger partial charge in [0.1, 0.15) is 0 Å². The first kappa shape index (κ1) is 19.2. The van der Waals surface area contributed by atoms with E-state index >= 15 is 0 Å². The molecule has 0 heterocycles. The Labute approximate surface area is 133 Å². The molecule has 0 aromatic carbocycles. The quantitative estimate of drug-likeness (QED) is 0.580. The van der Waals surface area contributed by atoms with E-state index in [0.717, 1.165) is 25.9 Å². The smallest absolute Gasteiger partial charge is 0.200 e. The molecule has 0 spiro atoms. The standard InChI is InChI=1S/C18H38O2Si/c1-9-17(10-2)11-18(17,12-19)13-20-21(14(3)4,15(5)6)16(7)8/h14-16,19H,9-13H2,1-8H3/t18-/m0/s1. The molecule has 0 amide bonds. The normalized spacial score (nSPS) is 25.1. The zero-order valence-electron chi connectivity index (χ0n) is 15.6. The molecule has 1 N–H and O–H groups in total. The summed E-state index contributed by atoms with van der Waals surface area (Å²) >= 11 is 0. The van der Waals surface area contributed by atoms with Crippen LogP contribution >= 0.6 is 0 Å². The van der Waals surface area contributed by atoms with Gasteiger partial charge in [0.2, 0.25) is 0 Å². The van der Waals surface area contributed by atoms with Crippen molar-refractivity contribution in [3.8, 4) is 0 Å². The van der Waals surface area contributed by atoms with Gasteiger partial charge in [-0.1, -0.05) is 55.4 Å². The molecule has 0 saturated heterocycles. The third kappa shape index (κ3) is 2.98. The van der Waals surface area contributed by atoms with Gasteiger partial charge in [-0.2, -0.15) is 0 Å². The van der Waals surface area contributed by atoms with Crippen LogP contribution in [0.25, 0.3) is 0 Å². The van der Waals surface area contributed by atoms with Crippen molar-refractivity contribution in [2.45, 2.75) is 91.3 Å². The van der Waals surface area contributed by atoms with Crippen LogP contribution in [0.5, 0.6) is 0 Å². The van der Waals surface area contributed by atoms with Crippen LogP contribution in [0.4, 0.5) is 0 Å². The number of hydrogen-bond acceptors (Lipinski definition) is 2. The number of hydrogen-bond donors (Lipinski definition) is 1. The van der Waals surface area contributed by atoms with Gasteiger partial charge < -0.3 is 9.53 Å². The van der Waals surface area contributed by atoms with Crippen LogP contribution in [-0.4, -0.2) is 26.6 Å². The van der Waals surface area contributed by atoms with Gasteiger partial charge in [0.15, 0.2) is 8.32 Å². The maximum Gasteiger partial charge on any atom is 0.200 e. The number of aliphatic hydroxyl groups is 1. The Morgan fingerprint density at radius 1 is 0.905 bits per heavy atom. The average molecular weight is 315 g/mol. The lowest BCUT2D eigenvalue weighted by atomic mass is 9.89. The molecule has 1 fully saturated rings. The minimum atomic E-state index is -1.81. The van der Waals surface area contributed by atoms with E-state index in [1.807, 2.05) is 0 Å². The Hall–Kier alpha value is 0.137. The molecule has 0 bridgehead atoms. The summed E-state index contributed by atoms with van der Waals surface area (Å²) in [6.45, 7) is 19.6. The zero-order valence-corrected chi connectivity index (χ0v) is 16.6. The Morgan fingerprint density at radius 3 is 1.57 bits per heavy atom. The van der Waals surface area contributed by atoms with E-state index in [1.165, 1.54) is 0 Å². The van der Waals surface area contributed by atoms with E-state index in [0.29, 0.717) is 22.0 Å². The number of aliphatic hydroxyl groups excluding tert-OH is 1. The van der Waals surface area contributed by atoms with Gasteiger partial charge in [-0.15, -0.1) is 0 Å². The molecule has 0 aliphatic heterocycles. The molecule has 0 unspecified atom stereocenters. The Kier molecular flexibility index (Phi) is 6.14. The van der Waals surface area contributed by atoms with E-state index in [4.69, 9.17) is 4.43 Å². The van der Waals surface area contributed by atoms with E-state index in [9.17, 15) is 5.11 Å². The van der Waals surface area contributed by atoms with Gasteiger partial charge in [0.25, 0.3) is 0 Å². The second-order valence-corrected chi connectivity index (χ2v) is 13.7. The van der Waals surface area contributed by atoms with Crippen LogP contribution < -0.4 is 0 Å². The average Bonchev–Trinajstić information content (AvgIpc) is 3.07. The molecule has 21 heavy (non-hydrogen) atoms. The minimum Gasteiger partial charge on any atom is -0.415 e. The molecule has 1 aliphatic rings. The summed E-state index contributed by atoms with van der Waals surface area (Å²) in [4.78, 5) is 0. The predicted octanol–water partition coefficient (Wildman–Crippen LogP) is 5.37. The summed E-state index contributed by atoms with van der Waals surface area (Å²) in [7, 11) is -1.81. The fraction of sp³-hybridized carbons (Fsp3) is 1.00. The highest BCUT2D eigenvalue weighted by molar-refractivity contribution is 6.77. The first-order chi connectivity index (χ1) is 9.68. The van der Waals surface area contributed by atoms with Crippen LogP contribution in [0.15, 0.2) is 0 Å². The first-order valence-electron chi connectivity index (χ1n) is 8.92. The summed E-state index contributed by atoms with van der Waals surface area (Å²) in [5.74, 6) is 0. The molecule has 1 aliphatic carbocycles.